The summed E-state index contributed by atoms with van der Waals surface area (Å²) in [6.07, 6.45) is 2.76. The Kier molecular flexibility index (Phi) is 6.24. The minimum Gasteiger partial charge on any atom is -0.465 e. The first-order valence-electron chi connectivity index (χ1n) is 8.87. The van der Waals surface area contributed by atoms with E-state index in [9.17, 15) is 9.59 Å². The zero-order valence-electron chi connectivity index (χ0n) is 16.0. The number of methoxy groups -OCH3 is 1. The Morgan fingerprint density at radius 2 is 2.11 bits per heavy atom. The highest BCUT2D eigenvalue weighted by molar-refractivity contribution is 7.98. The number of thiophene rings is 1. The van der Waals surface area contributed by atoms with Crippen LogP contribution in [0.4, 0.5) is 5.00 Å². The van der Waals surface area contributed by atoms with E-state index >= 15 is 0 Å². The lowest BCUT2D eigenvalue weighted by atomic mass is 10.0. The summed E-state index contributed by atoms with van der Waals surface area (Å²) in [5.74, 6) is -0.603. The van der Waals surface area contributed by atoms with E-state index in [0.29, 0.717) is 22.2 Å². The Balaban J connectivity index is 1.92. The SMILES string of the molecule is COC(=O)c1c(NC(=O)c2cccc(SC)c2)sc2c1CCN(C(C)C)C2. The highest BCUT2D eigenvalue weighted by atomic mass is 32.2. The fraction of sp³-hybridized carbons (Fsp3) is 0.400. The van der Waals surface area contributed by atoms with Gasteiger partial charge in [-0.2, -0.15) is 0 Å². The van der Waals surface area contributed by atoms with E-state index in [-0.39, 0.29) is 5.91 Å². The molecule has 1 amide bonds. The first-order valence-corrected chi connectivity index (χ1v) is 10.9. The third-order valence-electron chi connectivity index (χ3n) is 4.77. The molecule has 1 aromatic carbocycles. The Hall–Kier alpha value is -1.83. The fourth-order valence-electron chi connectivity index (χ4n) is 3.21. The Morgan fingerprint density at radius 3 is 2.78 bits per heavy atom. The van der Waals surface area contributed by atoms with Crippen LogP contribution in [0.2, 0.25) is 0 Å². The summed E-state index contributed by atoms with van der Waals surface area (Å²) in [6.45, 7) is 6.02. The van der Waals surface area contributed by atoms with Gasteiger partial charge in [-0.05, 0) is 50.3 Å². The van der Waals surface area contributed by atoms with Gasteiger partial charge in [0, 0.05) is 34.5 Å². The monoisotopic (exact) mass is 404 g/mol. The van der Waals surface area contributed by atoms with Crippen LogP contribution < -0.4 is 5.32 Å². The number of nitrogens with zero attached hydrogens (tertiary/aromatic N) is 1. The first-order chi connectivity index (χ1) is 12.9. The zero-order chi connectivity index (χ0) is 19.6. The van der Waals surface area contributed by atoms with Crippen molar-refractivity contribution in [2.75, 3.05) is 25.2 Å². The van der Waals surface area contributed by atoms with Crippen LogP contribution in [0.1, 0.15) is 45.0 Å². The standard InChI is InChI=1S/C20H24N2O3S2/c1-12(2)22-9-8-15-16(11-22)27-19(17(15)20(24)25-3)21-18(23)13-6-5-7-14(10-13)26-4/h5-7,10,12H,8-9,11H2,1-4H3,(H,21,23). The Labute approximate surface area is 168 Å². The van der Waals surface area contributed by atoms with Crippen molar-refractivity contribution in [2.45, 2.75) is 37.8 Å². The van der Waals surface area contributed by atoms with Gasteiger partial charge in [-0.1, -0.05) is 6.07 Å². The molecule has 0 atom stereocenters. The smallest absolute Gasteiger partial charge is 0.341 e. The van der Waals surface area contributed by atoms with Crippen LogP contribution in [-0.4, -0.2) is 42.7 Å². The molecule has 1 aromatic heterocycles. The summed E-state index contributed by atoms with van der Waals surface area (Å²) in [6, 6.07) is 7.90. The van der Waals surface area contributed by atoms with Gasteiger partial charge in [0.2, 0.25) is 0 Å². The average Bonchev–Trinajstić information content (AvgIpc) is 3.04. The number of thioether (sulfide) groups is 1. The molecule has 144 valence electrons. The van der Waals surface area contributed by atoms with E-state index in [1.165, 1.54) is 18.4 Å². The molecule has 0 fully saturated rings. The summed E-state index contributed by atoms with van der Waals surface area (Å²) in [5.41, 5.74) is 2.10. The quantitative estimate of drug-likeness (QED) is 0.596. The van der Waals surface area contributed by atoms with E-state index in [0.717, 1.165) is 34.8 Å². The van der Waals surface area contributed by atoms with Gasteiger partial charge in [0.25, 0.3) is 5.91 Å². The largest absolute Gasteiger partial charge is 0.465 e. The van der Waals surface area contributed by atoms with Crippen molar-refractivity contribution in [1.29, 1.82) is 0 Å². The first kappa shape index (κ1) is 19.9. The highest BCUT2D eigenvalue weighted by Crippen LogP contribution is 2.38. The second kappa shape index (κ2) is 8.46. The number of rotatable bonds is 5. The van der Waals surface area contributed by atoms with Crippen LogP contribution in [0, 0.1) is 0 Å². The van der Waals surface area contributed by atoms with E-state index in [1.807, 2.05) is 24.5 Å². The Morgan fingerprint density at radius 1 is 1.33 bits per heavy atom. The molecule has 3 rings (SSSR count). The number of hydrogen-bond donors (Lipinski definition) is 1. The number of ether oxygens (including phenoxy) is 1. The minimum absolute atomic E-state index is 0.213. The number of hydrogen-bond acceptors (Lipinski definition) is 6. The van der Waals surface area contributed by atoms with Crippen LogP contribution in [0.15, 0.2) is 29.2 Å². The molecular weight excluding hydrogens is 380 g/mol. The molecule has 0 saturated heterocycles. The van der Waals surface area contributed by atoms with Crippen LogP contribution in [0.3, 0.4) is 0 Å². The van der Waals surface area contributed by atoms with Crippen molar-refractivity contribution in [2.24, 2.45) is 0 Å². The van der Waals surface area contributed by atoms with Crippen molar-refractivity contribution in [1.82, 2.24) is 4.90 Å². The number of carbonyl (C=O) groups excluding carboxylic acids is 2. The van der Waals surface area contributed by atoms with Crippen molar-refractivity contribution < 1.29 is 14.3 Å². The van der Waals surface area contributed by atoms with Crippen molar-refractivity contribution in [3.63, 3.8) is 0 Å². The second-order valence-electron chi connectivity index (χ2n) is 6.70. The van der Waals surface area contributed by atoms with Gasteiger partial charge in [-0.15, -0.1) is 23.1 Å². The second-order valence-corrected chi connectivity index (χ2v) is 8.68. The topological polar surface area (TPSA) is 58.6 Å². The molecule has 1 aliphatic rings. The summed E-state index contributed by atoms with van der Waals surface area (Å²) in [5, 5.41) is 3.53. The normalized spacial score (nSPS) is 14.1. The van der Waals surface area contributed by atoms with Gasteiger partial charge in [0.15, 0.2) is 0 Å². The van der Waals surface area contributed by atoms with Gasteiger partial charge in [0.05, 0.1) is 12.7 Å². The molecule has 0 spiro atoms. The van der Waals surface area contributed by atoms with Gasteiger partial charge >= 0.3 is 5.97 Å². The molecule has 2 heterocycles. The maximum Gasteiger partial charge on any atom is 0.341 e. The molecule has 0 unspecified atom stereocenters. The van der Waals surface area contributed by atoms with Gasteiger partial charge in [-0.3, -0.25) is 9.69 Å². The number of carbonyl (C=O) groups is 2. The minimum atomic E-state index is -0.390. The summed E-state index contributed by atoms with van der Waals surface area (Å²) < 4.78 is 5.00. The van der Waals surface area contributed by atoms with Gasteiger partial charge in [0.1, 0.15) is 5.00 Å². The van der Waals surface area contributed by atoms with Crippen molar-refractivity contribution >= 4 is 40.0 Å². The summed E-state index contributed by atoms with van der Waals surface area (Å²) in [7, 11) is 1.38. The van der Waals surface area contributed by atoms with Crippen LogP contribution in [0.5, 0.6) is 0 Å². The summed E-state index contributed by atoms with van der Waals surface area (Å²) in [4.78, 5) is 29.7. The predicted octanol–water partition coefficient (Wildman–Crippen LogP) is 4.28. The Bertz CT molecular complexity index is 861. The average molecular weight is 405 g/mol. The van der Waals surface area contributed by atoms with Crippen LogP contribution in [0.25, 0.3) is 0 Å². The zero-order valence-corrected chi connectivity index (χ0v) is 17.6. The van der Waals surface area contributed by atoms with E-state index in [1.54, 1.807) is 17.8 Å². The van der Waals surface area contributed by atoms with E-state index in [2.05, 4.69) is 24.1 Å². The molecule has 5 nitrogen and oxygen atoms in total. The van der Waals surface area contributed by atoms with Crippen LogP contribution >= 0.6 is 23.1 Å². The molecule has 0 radical (unpaired) electrons. The number of nitrogens with one attached hydrogen (secondary N) is 1. The van der Waals surface area contributed by atoms with Crippen molar-refractivity contribution in [3.8, 4) is 0 Å². The molecule has 0 aliphatic carbocycles. The molecule has 0 bridgehead atoms. The molecule has 1 aliphatic heterocycles. The third kappa shape index (κ3) is 4.20. The molecule has 0 saturated carbocycles. The van der Waals surface area contributed by atoms with Crippen molar-refractivity contribution in [3.05, 3.63) is 45.8 Å². The van der Waals surface area contributed by atoms with Crippen LogP contribution in [-0.2, 0) is 17.7 Å². The number of benzene rings is 1. The predicted molar refractivity (Wildman–Crippen MR) is 111 cm³/mol. The maximum absolute atomic E-state index is 12.8. The maximum atomic E-state index is 12.8. The lowest BCUT2D eigenvalue weighted by molar-refractivity contribution is 0.0600. The molecule has 2 aromatic rings. The van der Waals surface area contributed by atoms with Gasteiger partial charge in [-0.25, -0.2) is 4.79 Å². The number of esters is 1. The lowest BCUT2D eigenvalue weighted by Crippen LogP contribution is -2.35. The van der Waals surface area contributed by atoms with Gasteiger partial charge < -0.3 is 10.1 Å². The lowest BCUT2D eigenvalue weighted by Gasteiger charge is -2.30. The highest BCUT2D eigenvalue weighted by Gasteiger charge is 2.30. The third-order valence-corrected chi connectivity index (χ3v) is 6.62. The fourth-order valence-corrected chi connectivity index (χ4v) is 4.93. The number of amides is 1. The molecule has 1 N–H and O–H groups in total. The van der Waals surface area contributed by atoms with E-state index in [4.69, 9.17) is 4.74 Å². The number of fused-ring (bicyclic) bond motifs is 1. The number of anilines is 1. The molecular formula is C20H24N2O3S2. The van der Waals surface area contributed by atoms with E-state index < -0.39 is 5.97 Å². The summed E-state index contributed by atoms with van der Waals surface area (Å²) >= 11 is 3.07. The molecule has 7 heteroatoms. The molecule has 27 heavy (non-hydrogen) atoms.